The van der Waals surface area contributed by atoms with E-state index in [4.69, 9.17) is 5.73 Å². The second kappa shape index (κ2) is 7.41. The number of hydrogen-bond acceptors (Lipinski definition) is 4. The van der Waals surface area contributed by atoms with Crippen molar-refractivity contribution >= 4 is 16.9 Å². The van der Waals surface area contributed by atoms with Crippen molar-refractivity contribution in [2.75, 3.05) is 13.1 Å². The molecule has 0 spiro atoms. The fourth-order valence-corrected chi connectivity index (χ4v) is 2.84. The molecule has 0 bridgehead atoms. The number of nitrogens with two attached hydrogens (primary N) is 1. The average Bonchev–Trinajstić information content (AvgIpc) is 2.78. The molecule has 0 saturated carbocycles. The minimum absolute atomic E-state index is 0.0166. The van der Waals surface area contributed by atoms with Crippen LogP contribution >= 0.6 is 0 Å². The molecule has 0 aromatic carbocycles. The van der Waals surface area contributed by atoms with Gasteiger partial charge in [0.15, 0.2) is 5.65 Å². The monoisotopic (exact) mass is 319 g/mol. The molecule has 126 valence electrons. The Morgan fingerprint density at radius 1 is 1.35 bits per heavy atom. The fraction of sp³-hybridized carbons (Fsp3) is 0.562. The van der Waals surface area contributed by atoms with E-state index in [-0.39, 0.29) is 11.5 Å². The fourth-order valence-electron chi connectivity index (χ4n) is 2.84. The number of carbonyl (C=O) groups excluding carboxylic acids is 1. The van der Waals surface area contributed by atoms with E-state index in [1.807, 2.05) is 13.8 Å². The van der Waals surface area contributed by atoms with Crippen LogP contribution in [0.5, 0.6) is 0 Å². The Kier molecular flexibility index (Phi) is 5.54. The minimum Gasteiger partial charge on any atom is -0.356 e. The quantitative estimate of drug-likeness (QED) is 0.652. The van der Waals surface area contributed by atoms with Crippen molar-refractivity contribution < 1.29 is 4.79 Å². The van der Waals surface area contributed by atoms with Crippen LogP contribution in [0.25, 0.3) is 11.0 Å². The maximum atomic E-state index is 12.0. The molecule has 2 aromatic heterocycles. The topological polar surface area (TPSA) is 106 Å². The van der Waals surface area contributed by atoms with E-state index in [9.17, 15) is 9.59 Å². The Bertz CT molecular complexity index is 760. The van der Waals surface area contributed by atoms with Gasteiger partial charge in [-0.3, -0.25) is 19.4 Å². The number of nitrogens with zero attached hydrogens (tertiary/aromatic N) is 2. The molecule has 0 aliphatic heterocycles. The summed E-state index contributed by atoms with van der Waals surface area (Å²) in [5, 5.41) is 6.22. The van der Waals surface area contributed by atoms with Crippen LogP contribution in [0, 0.1) is 13.8 Å². The summed E-state index contributed by atoms with van der Waals surface area (Å²) in [5.74, 6) is 0.0166. The first-order chi connectivity index (χ1) is 11.0. The predicted octanol–water partition coefficient (Wildman–Crippen LogP) is 0.666. The molecule has 2 aromatic rings. The molecule has 0 atom stereocenters. The van der Waals surface area contributed by atoms with E-state index in [0.29, 0.717) is 37.0 Å². The van der Waals surface area contributed by atoms with Gasteiger partial charge in [0.05, 0.1) is 5.39 Å². The van der Waals surface area contributed by atoms with Crippen molar-refractivity contribution in [2.24, 2.45) is 12.8 Å². The summed E-state index contributed by atoms with van der Waals surface area (Å²) in [5.41, 5.74) is 8.68. The van der Waals surface area contributed by atoms with Crippen molar-refractivity contribution in [3.8, 4) is 0 Å². The van der Waals surface area contributed by atoms with Crippen molar-refractivity contribution in [3.05, 3.63) is 27.2 Å². The van der Waals surface area contributed by atoms with Crippen LogP contribution in [0.3, 0.4) is 0 Å². The summed E-state index contributed by atoms with van der Waals surface area (Å²) in [6.45, 7) is 5.13. The number of unbranched alkanes of at least 4 members (excludes halogenated alkanes) is 1. The highest BCUT2D eigenvalue weighted by molar-refractivity contribution is 5.81. The molecule has 2 rings (SSSR count). The van der Waals surface area contributed by atoms with E-state index in [0.717, 1.165) is 29.7 Å². The first-order valence-electron chi connectivity index (χ1n) is 7.97. The van der Waals surface area contributed by atoms with Gasteiger partial charge in [-0.2, -0.15) is 0 Å². The summed E-state index contributed by atoms with van der Waals surface area (Å²) in [6.07, 6.45) is 2.78. The zero-order valence-corrected chi connectivity index (χ0v) is 14.0. The van der Waals surface area contributed by atoms with Gasteiger partial charge in [-0.25, -0.2) is 4.98 Å². The number of H-pyrrole nitrogens is 1. The maximum absolute atomic E-state index is 12.0. The number of aryl methyl sites for hydroxylation is 3. The van der Waals surface area contributed by atoms with E-state index in [2.05, 4.69) is 15.4 Å². The van der Waals surface area contributed by atoms with Gasteiger partial charge in [0.25, 0.3) is 5.56 Å². The van der Waals surface area contributed by atoms with Gasteiger partial charge in [0.1, 0.15) is 0 Å². The molecule has 0 fully saturated rings. The van der Waals surface area contributed by atoms with Gasteiger partial charge >= 0.3 is 0 Å². The van der Waals surface area contributed by atoms with E-state index >= 15 is 0 Å². The summed E-state index contributed by atoms with van der Waals surface area (Å²) in [7, 11) is 1.77. The normalized spacial score (nSPS) is 11.1. The number of aromatic nitrogens is 3. The van der Waals surface area contributed by atoms with Crippen LogP contribution < -0.4 is 16.6 Å². The van der Waals surface area contributed by atoms with Gasteiger partial charge in [0, 0.05) is 25.7 Å². The van der Waals surface area contributed by atoms with E-state index < -0.39 is 0 Å². The van der Waals surface area contributed by atoms with Crippen LogP contribution in [-0.2, 0) is 18.3 Å². The summed E-state index contributed by atoms with van der Waals surface area (Å²) in [6, 6.07) is 0. The van der Waals surface area contributed by atoms with E-state index in [1.165, 1.54) is 0 Å². The highest BCUT2D eigenvalue weighted by atomic mass is 16.1. The first kappa shape index (κ1) is 17.2. The third-order valence-corrected chi connectivity index (χ3v) is 4.13. The second-order valence-electron chi connectivity index (χ2n) is 5.85. The van der Waals surface area contributed by atoms with Crippen molar-refractivity contribution in [2.45, 2.75) is 39.5 Å². The zero-order chi connectivity index (χ0) is 17.0. The van der Waals surface area contributed by atoms with Gasteiger partial charge in [-0.15, -0.1) is 0 Å². The number of rotatable bonds is 7. The molecular formula is C16H25N5O2. The Morgan fingerprint density at radius 2 is 2.09 bits per heavy atom. The molecule has 0 aliphatic carbocycles. The molecule has 2 heterocycles. The number of fused-ring (bicyclic) bond motifs is 1. The number of hydrogen-bond donors (Lipinski definition) is 3. The highest BCUT2D eigenvalue weighted by Gasteiger charge is 2.15. The number of pyridine rings is 1. The van der Waals surface area contributed by atoms with Gasteiger partial charge in [-0.05, 0) is 50.8 Å². The van der Waals surface area contributed by atoms with Crippen molar-refractivity contribution in [1.82, 2.24) is 20.1 Å². The van der Waals surface area contributed by atoms with Crippen LogP contribution in [0.1, 0.15) is 36.1 Å². The molecule has 7 nitrogen and oxygen atoms in total. The first-order valence-corrected chi connectivity index (χ1v) is 7.97. The van der Waals surface area contributed by atoms with Gasteiger partial charge < -0.3 is 11.1 Å². The molecular weight excluding hydrogens is 294 g/mol. The maximum Gasteiger partial charge on any atom is 0.273 e. The highest BCUT2D eigenvalue weighted by Crippen LogP contribution is 2.20. The molecule has 0 unspecified atom stereocenters. The molecule has 0 radical (unpaired) electrons. The van der Waals surface area contributed by atoms with E-state index in [1.54, 1.807) is 11.7 Å². The van der Waals surface area contributed by atoms with Gasteiger partial charge in [-0.1, -0.05) is 0 Å². The number of carbonyl (C=O) groups is 1. The summed E-state index contributed by atoms with van der Waals surface area (Å²) in [4.78, 5) is 28.4. The molecule has 0 aliphatic rings. The smallest absolute Gasteiger partial charge is 0.273 e. The number of amides is 1. The van der Waals surface area contributed by atoms with Crippen LogP contribution in [-0.4, -0.2) is 33.8 Å². The third kappa shape index (κ3) is 3.79. The summed E-state index contributed by atoms with van der Waals surface area (Å²) < 4.78 is 1.63. The lowest BCUT2D eigenvalue weighted by Gasteiger charge is -2.10. The Morgan fingerprint density at radius 3 is 2.78 bits per heavy atom. The standard InChI is InChI=1S/C16H25N5O2/c1-10-12(6-7-13(22)18-9-5-4-8-17)11(2)19-15-14(10)16(23)20-21(15)3/h4-9,17H2,1-3H3,(H,18,22)(H,20,23). The second-order valence-corrected chi connectivity index (χ2v) is 5.85. The lowest BCUT2D eigenvalue weighted by Crippen LogP contribution is -2.25. The lowest BCUT2D eigenvalue weighted by molar-refractivity contribution is -0.121. The largest absolute Gasteiger partial charge is 0.356 e. The van der Waals surface area contributed by atoms with Crippen LogP contribution in [0.15, 0.2) is 4.79 Å². The predicted molar refractivity (Wildman–Crippen MR) is 90.4 cm³/mol. The zero-order valence-electron chi connectivity index (χ0n) is 14.0. The summed E-state index contributed by atoms with van der Waals surface area (Å²) >= 11 is 0. The third-order valence-electron chi connectivity index (χ3n) is 4.13. The Balaban J connectivity index is 2.10. The minimum atomic E-state index is -0.139. The molecule has 1 amide bonds. The molecule has 0 saturated heterocycles. The lowest BCUT2D eigenvalue weighted by atomic mass is 10.0. The Hall–Kier alpha value is -2.15. The SMILES string of the molecule is Cc1nc2c(c(C)c1CCC(=O)NCCCCN)c(=O)[nH]n2C. The van der Waals surface area contributed by atoms with Crippen molar-refractivity contribution in [3.63, 3.8) is 0 Å². The van der Waals surface area contributed by atoms with Crippen LogP contribution in [0.4, 0.5) is 0 Å². The van der Waals surface area contributed by atoms with Crippen molar-refractivity contribution in [1.29, 1.82) is 0 Å². The average molecular weight is 319 g/mol. The van der Waals surface area contributed by atoms with Crippen LogP contribution in [0.2, 0.25) is 0 Å². The molecule has 4 N–H and O–H groups in total. The Labute approximate surface area is 135 Å². The molecule has 7 heteroatoms. The molecule has 23 heavy (non-hydrogen) atoms. The van der Waals surface area contributed by atoms with Gasteiger partial charge in [0.2, 0.25) is 5.91 Å². The number of aromatic amines is 1. The number of nitrogens with one attached hydrogen (secondary N) is 2.